The van der Waals surface area contributed by atoms with E-state index in [-0.39, 0.29) is 0 Å². The molecule has 1 rings (SSSR count). The van der Waals surface area contributed by atoms with E-state index in [0.29, 0.717) is 0 Å². The van der Waals surface area contributed by atoms with Gasteiger partial charge in [-0.15, -0.1) is 0 Å². The molecule has 0 radical (unpaired) electrons. The minimum atomic E-state index is 0.730. The Morgan fingerprint density at radius 1 is 1.17 bits per heavy atom. The highest BCUT2D eigenvalue weighted by atomic mass is 16.5. The Hall–Kier alpha value is -0.860. The first kappa shape index (κ1) is 15.2. The Kier molecular flexibility index (Phi) is 6.99. The molecule has 0 saturated heterocycles. The van der Waals surface area contributed by atoms with Crippen LogP contribution >= 0.6 is 0 Å². The molecule has 0 unspecified atom stereocenters. The van der Waals surface area contributed by atoms with E-state index in [4.69, 9.17) is 4.74 Å². The average Bonchev–Trinajstić information content (AvgIpc) is 2.30. The van der Waals surface area contributed by atoms with Crippen LogP contribution in [0.1, 0.15) is 37.0 Å². The highest BCUT2D eigenvalue weighted by Gasteiger charge is 1.98. The van der Waals surface area contributed by atoms with E-state index in [1.54, 1.807) is 0 Å². The molecule has 2 nitrogen and oxygen atoms in total. The summed E-state index contributed by atoms with van der Waals surface area (Å²) in [6.07, 6.45) is 1.15. The van der Waals surface area contributed by atoms with Crippen LogP contribution in [0.25, 0.3) is 0 Å². The molecule has 0 bridgehead atoms. The normalized spacial score (nSPS) is 11.2. The lowest BCUT2D eigenvalue weighted by Gasteiger charge is -2.09. The van der Waals surface area contributed by atoms with Crippen LogP contribution in [-0.2, 0) is 11.3 Å². The summed E-state index contributed by atoms with van der Waals surface area (Å²) in [6, 6.07) is 6.61. The standard InChI is InChI=1S/C16H27NO/c1-13(2)7-9-18-10-8-17-12-16-6-5-14(3)11-15(16)4/h5-6,11,13,17H,7-10,12H2,1-4H3. The van der Waals surface area contributed by atoms with E-state index in [1.165, 1.54) is 16.7 Å². The minimum Gasteiger partial charge on any atom is -0.380 e. The van der Waals surface area contributed by atoms with E-state index in [9.17, 15) is 0 Å². The van der Waals surface area contributed by atoms with E-state index in [0.717, 1.165) is 38.6 Å². The molecule has 18 heavy (non-hydrogen) atoms. The molecule has 1 aromatic carbocycles. The topological polar surface area (TPSA) is 21.3 Å². The Labute approximate surface area is 112 Å². The largest absolute Gasteiger partial charge is 0.380 e. The molecular weight excluding hydrogens is 222 g/mol. The fourth-order valence-electron chi connectivity index (χ4n) is 1.83. The zero-order chi connectivity index (χ0) is 13.4. The molecule has 0 saturated carbocycles. The molecule has 2 heteroatoms. The van der Waals surface area contributed by atoms with Crippen molar-refractivity contribution in [3.63, 3.8) is 0 Å². The quantitative estimate of drug-likeness (QED) is 0.712. The second-order valence-corrected chi connectivity index (χ2v) is 5.40. The van der Waals surface area contributed by atoms with Gasteiger partial charge in [-0.1, -0.05) is 37.6 Å². The van der Waals surface area contributed by atoms with Crippen LogP contribution in [0.5, 0.6) is 0 Å². The lowest BCUT2D eigenvalue weighted by Crippen LogP contribution is -2.20. The molecular formula is C16H27NO. The molecule has 102 valence electrons. The van der Waals surface area contributed by atoms with Crippen LogP contribution in [0, 0.1) is 19.8 Å². The highest BCUT2D eigenvalue weighted by Crippen LogP contribution is 2.09. The summed E-state index contributed by atoms with van der Waals surface area (Å²) < 4.78 is 5.57. The number of benzene rings is 1. The first-order valence-electron chi connectivity index (χ1n) is 6.94. The monoisotopic (exact) mass is 249 g/mol. The Bertz CT molecular complexity index is 347. The van der Waals surface area contributed by atoms with Crippen molar-refractivity contribution in [1.29, 1.82) is 0 Å². The first-order chi connectivity index (χ1) is 8.59. The third-order valence-corrected chi connectivity index (χ3v) is 3.08. The van der Waals surface area contributed by atoms with Crippen molar-refractivity contribution in [3.05, 3.63) is 34.9 Å². The van der Waals surface area contributed by atoms with E-state index < -0.39 is 0 Å². The number of rotatable bonds is 8. The molecule has 1 N–H and O–H groups in total. The van der Waals surface area contributed by atoms with Crippen molar-refractivity contribution in [3.8, 4) is 0 Å². The van der Waals surface area contributed by atoms with Gasteiger partial charge in [-0.05, 0) is 37.3 Å². The molecule has 0 fully saturated rings. The van der Waals surface area contributed by atoms with Gasteiger partial charge in [0.05, 0.1) is 6.61 Å². The maximum Gasteiger partial charge on any atom is 0.0591 e. The summed E-state index contributed by atoms with van der Waals surface area (Å²) in [5, 5.41) is 3.43. The third-order valence-electron chi connectivity index (χ3n) is 3.08. The summed E-state index contributed by atoms with van der Waals surface area (Å²) in [4.78, 5) is 0. The molecule has 0 aliphatic heterocycles. The zero-order valence-corrected chi connectivity index (χ0v) is 12.3. The summed E-state index contributed by atoms with van der Waals surface area (Å²) in [6.45, 7) is 12.3. The van der Waals surface area contributed by atoms with Gasteiger partial charge in [0.1, 0.15) is 0 Å². The molecule has 0 atom stereocenters. The van der Waals surface area contributed by atoms with Gasteiger partial charge in [0, 0.05) is 19.7 Å². The summed E-state index contributed by atoms with van der Waals surface area (Å²) in [7, 11) is 0. The maximum absolute atomic E-state index is 5.57. The van der Waals surface area contributed by atoms with Gasteiger partial charge in [0.2, 0.25) is 0 Å². The molecule has 0 heterocycles. The van der Waals surface area contributed by atoms with Crippen molar-refractivity contribution >= 4 is 0 Å². The highest BCUT2D eigenvalue weighted by molar-refractivity contribution is 5.30. The van der Waals surface area contributed by atoms with Crippen LogP contribution in [0.15, 0.2) is 18.2 Å². The summed E-state index contributed by atoms with van der Waals surface area (Å²) in [5.74, 6) is 0.730. The summed E-state index contributed by atoms with van der Waals surface area (Å²) >= 11 is 0. The molecule has 1 aromatic rings. The van der Waals surface area contributed by atoms with Gasteiger partial charge in [-0.25, -0.2) is 0 Å². The fraction of sp³-hybridized carbons (Fsp3) is 0.625. The van der Waals surface area contributed by atoms with Crippen molar-refractivity contribution in [2.24, 2.45) is 5.92 Å². The Morgan fingerprint density at radius 3 is 2.61 bits per heavy atom. The molecule has 0 spiro atoms. The minimum absolute atomic E-state index is 0.730. The Morgan fingerprint density at radius 2 is 1.94 bits per heavy atom. The van der Waals surface area contributed by atoms with Crippen LogP contribution < -0.4 is 5.32 Å². The molecule has 0 amide bonds. The van der Waals surface area contributed by atoms with Crippen LogP contribution in [-0.4, -0.2) is 19.8 Å². The third kappa shape index (κ3) is 6.18. The number of hydrogen-bond donors (Lipinski definition) is 1. The Balaban J connectivity index is 2.11. The van der Waals surface area contributed by atoms with Crippen molar-refractivity contribution in [2.75, 3.05) is 19.8 Å². The van der Waals surface area contributed by atoms with Crippen LogP contribution in [0.2, 0.25) is 0 Å². The fourth-order valence-corrected chi connectivity index (χ4v) is 1.83. The number of nitrogens with one attached hydrogen (secondary N) is 1. The SMILES string of the molecule is Cc1ccc(CNCCOCCC(C)C)c(C)c1. The van der Waals surface area contributed by atoms with Gasteiger partial charge in [-0.3, -0.25) is 0 Å². The maximum atomic E-state index is 5.57. The predicted molar refractivity (Wildman–Crippen MR) is 77.9 cm³/mol. The lowest BCUT2D eigenvalue weighted by atomic mass is 10.1. The second-order valence-electron chi connectivity index (χ2n) is 5.40. The van der Waals surface area contributed by atoms with E-state index in [1.807, 2.05) is 0 Å². The number of ether oxygens (including phenoxy) is 1. The van der Waals surface area contributed by atoms with Gasteiger partial charge in [0.15, 0.2) is 0 Å². The molecule has 0 aromatic heterocycles. The average molecular weight is 249 g/mol. The van der Waals surface area contributed by atoms with Crippen molar-refractivity contribution in [2.45, 2.75) is 40.7 Å². The van der Waals surface area contributed by atoms with Gasteiger partial charge in [-0.2, -0.15) is 0 Å². The van der Waals surface area contributed by atoms with Crippen LogP contribution in [0.3, 0.4) is 0 Å². The number of hydrogen-bond acceptors (Lipinski definition) is 2. The van der Waals surface area contributed by atoms with Gasteiger partial charge < -0.3 is 10.1 Å². The van der Waals surface area contributed by atoms with Crippen molar-refractivity contribution in [1.82, 2.24) is 5.32 Å². The first-order valence-corrected chi connectivity index (χ1v) is 6.94. The van der Waals surface area contributed by atoms with Gasteiger partial charge >= 0.3 is 0 Å². The van der Waals surface area contributed by atoms with Crippen molar-refractivity contribution < 1.29 is 4.74 Å². The van der Waals surface area contributed by atoms with E-state index >= 15 is 0 Å². The lowest BCUT2D eigenvalue weighted by molar-refractivity contribution is 0.125. The van der Waals surface area contributed by atoms with E-state index in [2.05, 4.69) is 51.2 Å². The van der Waals surface area contributed by atoms with Gasteiger partial charge in [0.25, 0.3) is 0 Å². The molecule has 0 aliphatic rings. The van der Waals surface area contributed by atoms with Crippen LogP contribution in [0.4, 0.5) is 0 Å². The summed E-state index contributed by atoms with van der Waals surface area (Å²) in [5.41, 5.74) is 4.07. The smallest absolute Gasteiger partial charge is 0.0591 e. The zero-order valence-electron chi connectivity index (χ0n) is 12.3. The second kappa shape index (κ2) is 8.28. The molecule has 0 aliphatic carbocycles. The number of aryl methyl sites for hydroxylation is 2. The predicted octanol–water partition coefficient (Wildman–Crippen LogP) is 3.46.